The highest BCUT2D eigenvalue weighted by Crippen LogP contribution is 2.30. The van der Waals surface area contributed by atoms with Crippen LogP contribution in [0.5, 0.6) is 5.75 Å². The van der Waals surface area contributed by atoms with E-state index in [0.717, 1.165) is 11.6 Å². The minimum Gasteiger partial charge on any atom is -0.492 e. The van der Waals surface area contributed by atoms with Crippen LogP contribution in [0.2, 0.25) is 0 Å². The Morgan fingerprint density at radius 2 is 1.81 bits per heavy atom. The minimum absolute atomic E-state index is 0.0441. The van der Waals surface area contributed by atoms with E-state index in [9.17, 15) is 18.5 Å². The number of nitrogens with one attached hydrogen (secondary N) is 1. The molecule has 0 saturated heterocycles. The highest BCUT2D eigenvalue weighted by atomic mass is 32.2. The number of benzene rings is 2. The summed E-state index contributed by atoms with van der Waals surface area (Å²) < 4.78 is 32.9. The van der Waals surface area contributed by atoms with Crippen molar-refractivity contribution in [3.63, 3.8) is 0 Å². The molecule has 7 nitrogen and oxygen atoms in total. The van der Waals surface area contributed by atoms with Crippen molar-refractivity contribution >= 4 is 15.7 Å². The lowest BCUT2D eigenvalue weighted by Gasteiger charge is -2.22. The number of nitro groups is 1. The van der Waals surface area contributed by atoms with Gasteiger partial charge in [-0.05, 0) is 30.0 Å². The number of nitro benzene ring substituents is 1. The maximum absolute atomic E-state index is 12.4. The van der Waals surface area contributed by atoms with Gasteiger partial charge in [0, 0.05) is 18.2 Å². The predicted octanol–water partition coefficient (Wildman–Crippen LogP) is 3.56. The van der Waals surface area contributed by atoms with Gasteiger partial charge in [0.25, 0.3) is 5.69 Å². The molecule has 0 aliphatic carbocycles. The van der Waals surface area contributed by atoms with Crippen LogP contribution in [0.25, 0.3) is 0 Å². The molecule has 8 heteroatoms. The van der Waals surface area contributed by atoms with Crippen LogP contribution < -0.4 is 9.46 Å². The van der Waals surface area contributed by atoms with Crippen molar-refractivity contribution in [3.8, 4) is 5.75 Å². The molecule has 0 aliphatic rings. The molecule has 1 N–H and O–H groups in total. The fraction of sp³-hybridized carbons (Fsp3) is 0.368. The van der Waals surface area contributed by atoms with Crippen molar-refractivity contribution < 1.29 is 18.1 Å². The van der Waals surface area contributed by atoms with Crippen LogP contribution in [-0.2, 0) is 15.4 Å². The van der Waals surface area contributed by atoms with Crippen molar-refractivity contribution in [3.05, 3.63) is 63.7 Å². The van der Waals surface area contributed by atoms with E-state index in [-0.39, 0.29) is 29.1 Å². The summed E-state index contributed by atoms with van der Waals surface area (Å²) in [5.41, 5.74) is 1.10. The molecular formula is C19H24N2O5S. The van der Waals surface area contributed by atoms with Crippen molar-refractivity contribution in [2.75, 3.05) is 13.2 Å². The Hall–Kier alpha value is -2.45. The monoisotopic (exact) mass is 392 g/mol. The molecule has 146 valence electrons. The number of sulfonamides is 1. The summed E-state index contributed by atoms with van der Waals surface area (Å²) in [6.07, 6.45) is 0. The topological polar surface area (TPSA) is 98.5 Å². The third-order valence-electron chi connectivity index (χ3n) is 4.03. The van der Waals surface area contributed by atoms with Crippen LogP contribution in [0.1, 0.15) is 31.9 Å². The smallest absolute Gasteiger partial charge is 0.273 e. The van der Waals surface area contributed by atoms with E-state index in [4.69, 9.17) is 4.74 Å². The maximum Gasteiger partial charge on any atom is 0.273 e. The average Bonchev–Trinajstić information content (AvgIpc) is 2.58. The zero-order valence-corrected chi connectivity index (χ0v) is 16.7. The minimum atomic E-state index is -3.86. The van der Waals surface area contributed by atoms with Crippen molar-refractivity contribution in [2.45, 2.75) is 38.0 Å². The Bertz CT molecular complexity index is 933. The van der Waals surface area contributed by atoms with E-state index >= 15 is 0 Å². The maximum atomic E-state index is 12.4. The second-order valence-corrected chi connectivity index (χ2v) is 8.96. The van der Waals surface area contributed by atoms with Crippen molar-refractivity contribution in [1.29, 1.82) is 0 Å². The third kappa shape index (κ3) is 5.27. The standard InChI is InChI=1S/C19H24N2O5S/c1-14-9-10-15(13-17(14)21(22)23)27(24,25)20-11-12-26-18-8-6-5-7-16(18)19(2,3)4/h5-10,13,20H,11-12H2,1-4H3. The molecule has 27 heavy (non-hydrogen) atoms. The Balaban J connectivity index is 2.04. The number of hydrogen-bond acceptors (Lipinski definition) is 5. The van der Waals surface area contributed by atoms with Gasteiger partial charge >= 0.3 is 0 Å². The first kappa shape index (κ1) is 20.9. The Kier molecular flexibility index (Phi) is 6.22. The highest BCUT2D eigenvalue weighted by Gasteiger charge is 2.20. The molecule has 0 unspecified atom stereocenters. The van der Waals surface area contributed by atoms with Crippen LogP contribution >= 0.6 is 0 Å². The lowest BCUT2D eigenvalue weighted by Crippen LogP contribution is -2.28. The molecule has 0 aromatic heterocycles. The number of aryl methyl sites for hydroxylation is 1. The van der Waals surface area contributed by atoms with Gasteiger partial charge < -0.3 is 4.74 Å². The molecule has 2 aromatic rings. The molecule has 0 heterocycles. The van der Waals surface area contributed by atoms with Crippen LogP contribution in [-0.4, -0.2) is 26.5 Å². The molecule has 2 rings (SSSR count). The first-order valence-electron chi connectivity index (χ1n) is 8.49. The predicted molar refractivity (Wildman–Crippen MR) is 104 cm³/mol. The zero-order valence-electron chi connectivity index (χ0n) is 15.9. The van der Waals surface area contributed by atoms with Crippen molar-refractivity contribution in [2.24, 2.45) is 0 Å². The summed E-state index contributed by atoms with van der Waals surface area (Å²) >= 11 is 0. The molecule has 2 aromatic carbocycles. The molecule has 0 aliphatic heterocycles. The van der Waals surface area contributed by atoms with E-state index in [1.807, 2.05) is 24.3 Å². The van der Waals surface area contributed by atoms with Crippen LogP contribution in [0, 0.1) is 17.0 Å². The quantitative estimate of drug-likeness (QED) is 0.441. The Labute approximate surface area is 159 Å². The first-order chi connectivity index (χ1) is 12.5. The van der Waals surface area contributed by atoms with Gasteiger partial charge in [0.15, 0.2) is 0 Å². The van der Waals surface area contributed by atoms with Crippen molar-refractivity contribution in [1.82, 2.24) is 4.72 Å². The normalized spacial score (nSPS) is 12.0. The lowest BCUT2D eigenvalue weighted by atomic mass is 9.86. The van der Waals surface area contributed by atoms with Crippen LogP contribution in [0.3, 0.4) is 0 Å². The fourth-order valence-electron chi connectivity index (χ4n) is 2.59. The summed E-state index contributed by atoms with van der Waals surface area (Å²) in [6.45, 7) is 7.96. The molecule has 0 radical (unpaired) electrons. The summed E-state index contributed by atoms with van der Waals surface area (Å²) in [5.74, 6) is 0.704. The zero-order chi connectivity index (χ0) is 20.2. The molecule has 0 spiro atoms. The molecule has 0 atom stereocenters. The second-order valence-electron chi connectivity index (χ2n) is 7.20. The van der Waals surface area contributed by atoms with E-state index in [0.29, 0.717) is 11.3 Å². The van der Waals surface area contributed by atoms with E-state index in [2.05, 4.69) is 25.5 Å². The van der Waals surface area contributed by atoms with Crippen LogP contribution in [0.4, 0.5) is 5.69 Å². The second kappa shape index (κ2) is 8.06. The average molecular weight is 392 g/mol. The van der Waals surface area contributed by atoms with Gasteiger partial charge in [-0.15, -0.1) is 0 Å². The SMILES string of the molecule is Cc1ccc(S(=O)(=O)NCCOc2ccccc2C(C)(C)C)cc1[N+](=O)[O-]. The largest absolute Gasteiger partial charge is 0.492 e. The van der Waals surface area contributed by atoms with E-state index in [1.165, 1.54) is 12.1 Å². The Morgan fingerprint density at radius 1 is 1.15 bits per heavy atom. The molecular weight excluding hydrogens is 368 g/mol. The number of para-hydroxylation sites is 1. The molecule has 0 fully saturated rings. The molecule has 0 amide bonds. The van der Waals surface area contributed by atoms with Crippen LogP contribution in [0.15, 0.2) is 47.4 Å². The van der Waals surface area contributed by atoms with Gasteiger partial charge in [0.2, 0.25) is 10.0 Å². The van der Waals surface area contributed by atoms with Gasteiger partial charge in [-0.25, -0.2) is 13.1 Å². The lowest BCUT2D eigenvalue weighted by molar-refractivity contribution is -0.385. The molecule has 0 bridgehead atoms. The number of hydrogen-bond donors (Lipinski definition) is 1. The summed E-state index contributed by atoms with van der Waals surface area (Å²) in [5, 5.41) is 11.0. The van der Waals surface area contributed by atoms with E-state index < -0.39 is 14.9 Å². The highest BCUT2D eigenvalue weighted by molar-refractivity contribution is 7.89. The number of nitrogens with zero attached hydrogens (tertiary/aromatic N) is 1. The molecule has 0 saturated carbocycles. The summed E-state index contributed by atoms with van der Waals surface area (Å²) in [6, 6.07) is 11.4. The third-order valence-corrected chi connectivity index (χ3v) is 5.49. The van der Waals surface area contributed by atoms with E-state index in [1.54, 1.807) is 6.92 Å². The van der Waals surface area contributed by atoms with Gasteiger partial charge in [-0.3, -0.25) is 10.1 Å². The van der Waals surface area contributed by atoms with Gasteiger partial charge in [-0.1, -0.05) is 45.0 Å². The number of ether oxygens (including phenoxy) is 1. The summed E-state index contributed by atoms with van der Waals surface area (Å²) in [4.78, 5) is 10.3. The number of rotatable bonds is 7. The van der Waals surface area contributed by atoms with Gasteiger partial charge in [0.05, 0.1) is 9.82 Å². The fourth-order valence-corrected chi connectivity index (χ4v) is 3.62. The van der Waals surface area contributed by atoms with Gasteiger partial charge in [0.1, 0.15) is 12.4 Å². The Morgan fingerprint density at radius 3 is 2.44 bits per heavy atom. The first-order valence-corrected chi connectivity index (χ1v) is 9.98. The summed E-state index contributed by atoms with van der Waals surface area (Å²) in [7, 11) is -3.86. The van der Waals surface area contributed by atoms with Gasteiger partial charge in [-0.2, -0.15) is 0 Å².